The molecule has 1 N–H and O–H groups in total. The van der Waals surface area contributed by atoms with Gasteiger partial charge in [0.05, 0.1) is 26.2 Å². The van der Waals surface area contributed by atoms with Crippen molar-refractivity contribution in [3.8, 4) is 5.75 Å². The Morgan fingerprint density at radius 1 is 1.31 bits per heavy atom. The summed E-state index contributed by atoms with van der Waals surface area (Å²) < 4.78 is 10.5. The number of likely N-dealkylation sites (tertiary alicyclic amines) is 1. The minimum Gasteiger partial charge on any atom is -0.496 e. The van der Waals surface area contributed by atoms with E-state index in [0.717, 1.165) is 55.3 Å². The molecule has 26 heavy (non-hydrogen) atoms. The molecule has 0 bridgehead atoms. The number of nitrogens with zero attached hydrogens (tertiary/aromatic N) is 2. The summed E-state index contributed by atoms with van der Waals surface area (Å²) in [5, 5.41) is 3.36. The highest BCUT2D eigenvalue weighted by atomic mass is 16.5. The summed E-state index contributed by atoms with van der Waals surface area (Å²) >= 11 is 0. The SMILES string of the molecule is CCNC(=NCc1ccc(C)c(OC)c1)N1CCC(C(=O)OCC)CC1. The van der Waals surface area contributed by atoms with E-state index < -0.39 is 0 Å². The van der Waals surface area contributed by atoms with Crippen LogP contribution in [0.4, 0.5) is 0 Å². The van der Waals surface area contributed by atoms with Gasteiger partial charge < -0.3 is 19.7 Å². The number of hydrogen-bond acceptors (Lipinski definition) is 4. The molecule has 1 aromatic carbocycles. The molecule has 1 aliphatic heterocycles. The molecule has 6 nitrogen and oxygen atoms in total. The van der Waals surface area contributed by atoms with E-state index in [4.69, 9.17) is 14.5 Å². The van der Waals surface area contributed by atoms with Crippen LogP contribution >= 0.6 is 0 Å². The van der Waals surface area contributed by atoms with Crippen molar-refractivity contribution in [2.24, 2.45) is 10.9 Å². The fourth-order valence-corrected chi connectivity index (χ4v) is 3.14. The summed E-state index contributed by atoms with van der Waals surface area (Å²) in [4.78, 5) is 18.9. The second-order valence-electron chi connectivity index (χ2n) is 6.49. The molecule has 1 aromatic rings. The highest BCUT2D eigenvalue weighted by Gasteiger charge is 2.27. The van der Waals surface area contributed by atoms with Gasteiger partial charge in [-0.25, -0.2) is 4.99 Å². The Hall–Kier alpha value is -2.24. The zero-order chi connectivity index (χ0) is 18.9. The molecular weight excluding hydrogens is 330 g/mol. The number of rotatable bonds is 6. The summed E-state index contributed by atoms with van der Waals surface area (Å²) in [7, 11) is 1.69. The minimum absolute atomic E-state index is 0.00966. The standard InChI is InChI=1S/C20H31N3O3/c1-5-21-20(22-14-16-8-7-15(3)18(13-16)25-4)23-11-9-17(10-12-23)19(24)26-6-2/h7-8,13,17H,5-6,9-12,14H2,1-4H3,(H,21,22). The number of piperidine rings is 1. The van der Waals surface area contributed by atoms with Crippen LogP contribution < -0.4 is 10.1 Å². The molecule has 0 aromatic heterocycles. The van der Waals surface area contributed by atoms with Crippen LogP contribution in [-0.2, 0) is 16.1 Å². The van der Waals surface area contributed by atoms with Crippen LogP contribution in [0.1, 0.15) is 37.8 Å². The molecule has 2 rings (SSSR count). The number of aliphatic imine (C=N–C) groups is 1. The monoisotopic (exact) mass is 361 g/mol. The van der Waals surface area contributed by atoms with Gasteiger partial charge in [0.25, 0.3) is 0 Å². The van der Waals surface area contributed by atoms with Crippen LogP contribution in [0.3, 0.4) is 0 Å². The van der Waals surface area contributed by atoms with Crippen molar-refractivity contribution in [2.75, 3.05) is 33.4 Å². The first kappa shape index (κ1) is 20.1. The van der Waals surface area contributed by atoms with Gasteiger partial charge in [-0.2, -0.15) is 0 Å². The first-order chi connectivity index (χ1) is 12.6. The van der Waals surface area contributed by atoms with Crippen molar-refractivity contribution in [1.29, 1.82) is 0 Å². The molecule has 0 radical (unpaired) electrons. The summed E-state index contributed by atoms with van der Waals surface area (Å²) in [5.41, 5.74) is 2.23. The first-order valence-corrected chi connectivity index (χ1v) is 9.42. The predicted octanol–water partition coefficient (Wildman–Crippen LogP) is 2.74. The van der Waals surface area contributed by atoms with Gasteiger partial charge in [0.1, 0.15) is 5.75 Å². The van der Waals surface area contributed by atoms with Gasteiger partial charge >= 0.3 is 5.97 Å². The third kappa shape index (κ3) is 5.38. The summed E-state index contributed by atoms with van der Waals surface area (Å²) in [5.74, 6) is 1.73. The van der Waals surface area contributed by atoms with Crippen LogP contribution in [0.25, 0.3) is 0 Å². The van der Waals surface area contributed by atoms with Gasteiger partial charge in [-0.15, -0.1) is 0 Å². The fraction of sp³-hybridized carbons (Fsp3) is 0.600. The van der Waals surface area contributed by atoms with E-state index in [1.165, 1.54) is 0 Å². The number of ether oxygens (including phenoxy) is 2. The molecule has 0 aliphatic carbocycles. The molecule has 1 saturated heterocycles. The lowest BCUT2D eigenvalue weighted by Crippen LogP contribution is -2.46. The number of carbonyl (C=O) groups excluding carboxylic acids is 1. The number of guanidine groups is 1. The Morgan fingerprint density at radius 3 is 2.65 bits per heavy atom. The van der Waals surface area contributed by atoms with E-state index in [9.17, 15) is 4.79 Å². The maximum atomic E-state index is 11.9. The van der Waals surface area contributed by atoms with Crippen molar-refractivity contribution in [2.45, 2.75) is 40.2 Å². The van der Waals surface area contributed by atoms with E-state index >= 15 is 0 Å². The highest BCUT2D eigenvalue weighted by Crippen LogP contribution is 2.21. The predicted molar refractivity (Wildman–Crippen MR) is 103 cm³/mol. The molecule has 0 spiro atoms. The van der Waals surface area contributed by atoms with Gasteiger partial charge in [0.15, 0.2) is 5.96 Å². The van der Waals surface area contributed by atoms with E-state index in [2.05, 4.69) is 29.3 Å². The van der Waals surface area contributed by atoms with Crippen molar-refractivity contribution < 1.29 is 14.3 Å². The molecule has 0 unspecified atom stereocenters. The van der Waals surface area contributed by atoms with Crippen LogP contribution in [0, 0.1) is 12.8 Å². The van der Waals surface area contributed by atoms with Gasteiger partial charge in [0.2, 0.25) is 0 Å². The lowest BCUT2D eigenvalue weighted by molar-refractivity contribution is -0.149. The van der Waals surface area contributed by atoms with Crippen LogP contribution in [-0.4, -0.2) is 50.2 Å². The molecule has 6 heteroatoms. The smallest absolute Gasteiger partial charge is 0.309 e. The second-order valence-corrected chi connectivity index (χ2v) is 6.49. The average molecular weight is 361 g/mol. The molecule has 0 amide bonds. The number of nitrogens with one attached hydrogen (secondary N) is 1. The minimum atomic E-state index is -0.0687. The third-order valence-corrected chi connectivity index (χ3v) is 4.63. The van der Waals surface area contributed by atoms with Gasteiger partial charge in [0, 0.05) is 19.6 Å². The Labute approximate surface area is 156 Å². The van der Waals surface area contributed by atoms with Crippen LogP contribution in [0.2, 0.25) is 0 Å². The second kappa shape index (κ2) is 10.0. The lowest BCUT2D eigenvalue weighted by Gasteiger charge is -2.33. The maximum Gasteiger partial charge on any atom is 0.309 e. The zero-order valence-corrected chi connectivity index (χ0v) is 16.4. The number of hydrogen-bond donors (Lipinski definition) is 1. The maximum absolute atomic E-state index is 11.9. The quantitative estimate of drug-likeness (QED) is 0.479. The number of esters is 1. The molecule has 1 heterocycles. The normalized spacial score (nSPS) is 15.7. The summed E-state index contributed by atoms with van der Waals surface area (Å²) in [6.07, 6.45) is 1.61. The van der Waals surface area contributed by atoms with E-state index in [1.807, 2.05) is 19.9 Å². The molecule has 1 aliphatic rings. The van der Waals surface area contributed by atoms with Crippen LogP contribution in [0.5, 0.6) is 5.75 Å². The fourth-order valence-electron chi connectivity index (χ4n) is 3.14. The Balaban J connectivity index is 2.00. The first-order valence-electron chi connectivity index (χ1n) is 9.42. The Bertz CT molecular complexity index is 623. The van der Waals surface area contributed by atoms with E-state index in [-0.39, 0.29) is 11.9 Å². The van der Waals surface area contributed by atoms with Gasteiger partial charge in [-0.1, -0.05) is 12.1 Å². The number of benzene rings is 1. The van der Waals surface area contributed by atoms with Gasteiger partial charge in [-0.05, 0) is 50.8 Å². The highest BCUT2D eigenvalue weighted by molar-refractivity contribution is 5.80. The van der Waals surface area contributed by atoms with Crippen molar-refractivity contribution in [3.63, 3.8) is 0 Å². The number of carbonyl (C=O) groups is 1. The topological polar surface area (TPSA) is 63.2 Å². The van der Waals surface area contributed by atoms with Crippen molar-refractivity contribution in [1.82, 2.24) is 10.2 Å². The summed E-state index contributed by atoms with van der Waals surface area (Å²) in [6, 6.07) is 6.18. The van der Waals surface area contributed by atoms with Crippen molar-refractivity contribution >= 4 is 11.9 Å². The van der Waals surface area contributed by atoms with E-state index in [0.29, 0.717) is 13.2 Å². The molecule has 0 saturated carbocycles. The van der Waals surface area contributed by atoms with E-state index in [1.54, 1.807) is 7.11 Å². The number of aryl methyl sites for hydroxylation is 1. The Morgan fingerprint density at radius 2 is 2.04 bits per heavy atom. The third-order valence-electron chi connectivity index (χ3n) is 4.63. The number of methoxy groups -OCH3 is 1. The molecule has 144 valence electrons. The Kier molecular flexibility index (Phi) is 7.75. The zero-order valence-electron chi connectivity index (χ0n) is 16.4. The van der Waals surface area contributed by atoms with Crippen molar-refractivity contribution in [3.05, 3.63) is 29.3 Å². The molecular formula is C20H31N3O3. The molecule has 0 atom stereocenters. The molecule has 1 fully saturated rings. The average Bonchev–Trinajstić information content (AvgIpc) is 2.66. The lowest BCUT2D eigenvalue weighted by atomic mass is 9.97. The summed E-state index contributed by atoms with van der Waals surface area (Å²) in [6.45, 7) is 9.43. The van der Waals surface area contributed by atoms with Crippen LogP contribution in [0.15, 0.2) is 23.2 Å². The van der Waals surface area contributed by atoms with Gasteiger partial charge in [-0.3, -0.25) is 4.79 Å². The largest absolute Gasteiger partial charge is 0.496 e.